The van der Waals surface area contributed by atoms with Gasteiger partial charge in [-0.25, -0.2) is 0 Å². The van der Waals surface area contributed by atoms with Crippen LogP contribution in [0.2, 0.25) is 0 Å². The summed E-state index contributed by atoms with van der Waals surface area (Å²) in [7, 11) is 5.54. The Labute approximate surface area is 56.2 Å². The summed E-state index contributed by atoms with van der Waals surface area (Å²) in [6.07, 6.45) is 1.91. The van der Waals surface area contributed by atoms with Gasteiger partial charge in [-0.05, 0) is 21.0 Å². The van der Waals surface area contributed by atoms with E-state index >= 15 is 0 Å². The summed E-state index contributed by atoms with van der Waals surface area (Å²) in [5.74, 6) is 0. The first kappa shape index (κ1) is 8.43. The van der Waals surface area contributed by atoms with Gasteiger partial charge in [0.2, 0.25) is 0 Å². The van der Waals surface area contributed by atoms with Crippen molar-refractivity contribution in [3.05, 3.63) is 0 Å². The Morgan fingerprint density at radius 1 is 1.33 bits per heavy atom. The van der Waals surface area contributed by atoms with Gasteiger partial charge in [-0.2, -0.15) is 0 Å². The average Bonchev–Trinajstić information content (AvgIpc) is 1.84. The second-order valence-corrected chi connectivity index (χ2v) is 2.30. The monoisotopic (exact) mass is 129 g/mol. The van der Waals surface area contributed by atoms with Crippen molar-refractivity contribution in [2.24, 2.45) is 0 Å². The minimum Gasteiger partial charge on any atom is -0.322 e. The normalized spacial score (nSPS) is 13.4. The van der Waals surface area contributed by atoms with E-state index in [-0.39, 0.29) is 6.17 Å². The quantitative estimate of drug-likeness (QED) is 0.392. The molecule has 0 aromatic carbocycles. The summed E-state index contributed by atoms with van der Waals surface area (Å²) in [4.78, 5) is 13.4. The molecular formula is C6H13N2O. The average molecular weight is 129 g/mol. The van der Waals surface area contributed by atoms with Crippen LogP contribution in [0.4, 0.5) is 0 Å². The van der Waals surface area contributed by atoms with Gasteiger partial charge in [-0.1, -0.05) is 0 Å². The minimum absolute atomic E-state index is 0.127. The van der Waals surface area contributed by atoms with Gasteiger partial charge in [0.1, 0.15) is 0 Å². The number of hydrogen-bond donors (Lipinski definition) is 0. The number of amides is 1. The fraction of sp³-hybridized carbons (Fsp3) is 0.833. The summed E-state index contributed by atoms with van der Waals surface area (Å²) in [5, 5.41) is 0. The molecular weight excluding hydrogens is 116 g/mol. The van der Waals surface area contributed by atoms with Crippen LogP contribution < -0.4 is 0 Å². The molecule has 0 spiro atoms. The van der Waals surface area contributed by atoms with Gasteiger partial charge in [-0.15, -0.1) is 0 Å². The maximum Gasteiger partial charge on any atom is 0.313 e. The van der Waals surface area contributed by atoms with Crippen molar-refractivity contribution in [1.29, 1.82) is 0 Å². The fourth-order valence-electron chi connectivity index (χ4n) is 0.423. The zero-order chi connectivity index (χ0) is 7.44. The van der Waals surface area contributed by atoms with Crippen LogP contribution in [-0.2, 0) is 4.79 Å². The maximum absolute atomic E-state index is 10.0. The Balaban J connectivity index is 3.71. The topological polar surface area (TPSA) is 23.6 Å². The molecule has 3 heteroatoms. The molecule has 0 aromatic rings. The summed E-state index contributed by atoms with van der Waals surface area (Å²) < 4.78 is 0. The second kappa shape index (κ2) is 3.45. The van der Waals surface area contributed by atoms with Crippen molar-refractivity contribution in [2.75, 3.05) is 21.1 Å². The summed E-state index contributed by atoms with van der Waals surface area (Å²) in [6, 6.07) is 0. The van der Waals surface area contributed by atoms with E-state index in [1.165, 1.54) is 4.90 Å². The lowest BCUT2D eigenvalue weighted by Crippen LogP contribution is -2.39. The minimum atomic E-state index is 0.127. The number of carbonyl (C=O) groups excluding carboxylic acids is 1. The largest absolute Gasteiger partial charge is 0.322 e. The van der Waals surface area contributed by atoms with E-state index < -0.39 is 0 Å². The summed E-state index contributed by atoms with van der Waals surface area (Å²) in [6.45, 7) is 1.94. The molecule has 0 N–H and O–H groups in total. The smallest absolute Gasteiger partial charge is 0.313 e. The second-order valence-electron chi connectivity index (χ2n) is 2.30. The molecule has 0 aliphatic heterocycles. The Morgan fingerprint density at radius 3 is 1.89 bits per heavy atom. The van der Waals surface area contributed by atoms with E-state index in [4.69, 9.17) is 0 Å². The van der Waals surface area contributed by atoms with Crippen LogP contribution in [0.5, 0.6) is 0 Å². The van der Waals surface area contributed by atoms with Gasteiger partial charge in [0.15, 0.2) is 0 Å². The zero-order valence-electron chi connectivity index (χ0n) is 6.38. The Bertz CT molecular complexity index is 93.1. The highest BCUT2D eigenvalue weighted by Gasteiger charge is 2.07. The molecule has 53 valence electrons. The molecule has 0 aliphatic carbocycles. The van der Waals surface area contributed by atoms with Crippen LogP contribution in [0.15, 0.2) is 0 Å². The van der Waals surface area contributed by atoms with Crippen molar-refractivity contribution in [1.82, 2.24) is 9.80 Å². The highest BCUT2D eigenvalue weighted by molar-refractivity contribution is 5.47. The molecule has 0 rings (SSSR count). The number of nitrogens with zero attached hydrogens (tertiary/aromatic N) is 2. The van der Waals surface area contributed by atoms with Crippen LogP contribution in [0.1, 0.15) is 6.92 Å². The third kappa shape index (κ3) is 2.46. The lowest BCUT2D eigenvalue weighted by atomic mass is 10.5. The van der Waals surface area contributed by atoms with E-state index in [2.05, 4.69) is 0 Å². The third-order valence-electron chi connectivity index (χ3n) is 1.45. The number of rotatable bonds is 3. The van der Waals surface area contributed by atoms with Crippen LogP contribution in [0.3, 0.4) is 0 Å². The molecule has 1 unspecified atom stereocenters. The lowest BCUT2D eigenvalue weighted by Gasteiger charge is -2.25. The van der Waals surface area contributed by atoms with E-state index in [1.54, 1.807) is 13.5 Å². The molecule has 3 nitrogen and oxygen atoms in total. The van der Waals surface area contributed by atoms with Crippen LogP contribution >= 0.6 is 0 Å². The highest BCUT2D eigenvalue weighted by atomic mass is 16.1. The highest BCUT2D eigenvalue weighted by Crippen LogP contribution is 1.93. The molecule has 0 bridgehead atoms. The first-order chi connectivity index (χ1) is 4.09. The standard InChI is InChI=1S/C6H13N2O/c1-6(7(2)3)8(4)5-9/h6H,1-4H3. The number of hydrogen-bond acceptors (Lipinski definition) is 2. The summed E-state index contributed by atoms with van der Waals surface area (Å²) >= 11 is 0. The van der Waals surface area contributed by atoms with E-state index in [1.807, 2.05) is 25.9 Å². The Kier molecular flexibility index (Phi) is 3.24. The Morgan fingerprint density at radius 2 is 1.78 bits per heavy atom. The maximum atomic E-state index is 10.0. The van der Waals surface area contributed by atoms with Gasteiger partial charge >= 0.3 is 6.41 Å². The van der Waals surface area contributed by atoms with E-state index in [0.717, 1.165) is 0 Å². The van der Waals surface area contributed by atoms with Gasteiger partial charge in [0, 0.05) is 7.05 Å². The van der Waals surface area contributed by atoms with Crippen molar-refractivity contribution in [3.8, 4) is 0 Å². The first-order valence-electron chi connectivity index (χ1n) is 2.86. The molecule has 1 atom stereocenters. The molecule has 0 saturated heterocycles. The molecule has 1 amide bonds. The molecule has 1 radical (unpaired) electrons. The molecule has 9 heavy (non-hydrogen) atoms. The molecule has 0 heterocycles. The zero-order valence-corrected chi connectivity index (χ0v) is 6.38. The fourth-order valence-corrected chi connectivity index (χ4v) is 0.423. The molecule has 0 aliphatic rings. The Hall–Kier alpha value is -0.570. The predicted molar refractivity (Wildman–Crippen MR) is 36.6 cm³/mol. The molecule has 0 fully saturated rings. The molecule has 0 saturated carbocycles. The van der Waals surface area contributed by atoms with Crippen molar-refractivity contribution < 1.29 is 4.79 Å². The predicted octanol–water partition coefficient (Wildman–Crippen LogP) is -0.107. The third-order valence-corrected chi connectivity index (χ3v) is 1.45. The van der Waals surface area contributed by atoms with Crippen molar-refractivity contribution in [2.45, 2.75) is 13.1 Å². The van der Waals surface area contributed by atoms with Crippen molar-refractivity contribution >= 4 is 6.41 Å². The van der Waals surface area contributed by atoms with Gasteiger partial charge in [-0.3, -0.25) is 9.69 Å². The van der Waals surface area contributed by atoms with Gasteiger partial charge < -0.3 is 4.90 Å². The summed E-state index contributed by atoms with van der Waals surface area (Å²) in [5.41, 5.74) is 0. The van der Waals surface area contributed by atoms with Gasteiger partial charge in [0.05, 0.1) is 6.17 Å². The lowest BCUT2D eigenvalue weighted by molar-refractivity contribution is 0.180. The van der Waals surface area contributed by atoms with Crippen LogP contribution in [-0.4, -0.2) is 43.5 Å². The molecule has 0 aromatic heterocycles. The van der Waals surface area contributed by atoms with Crippen LogP contribution in [0, 0.1) is 0 Å². The van der Waals surface area contributed by atoms with Gasteiger partial charge in [0.25, 0.3) is 0 Å². The SMILES string of the molecule is CC(N(C)C)N(C)[C]=O. The van der Waals surface area contributed by atoms with Crippen LogP contribution in [0.25, 0.3) is 0 Å². The van der Waals surface area contributed by atoms with Crippen molar-refractivity contribution in [3.63, 3.8) is 0 Å². The van der Waals surface area contributed by atoms with E-state index in [9.17, 15) is 4.79 Å². The van der Waals surface area contributed by atoms with E-state index in [0.29, 0.717) is 0 Å². The first-order valence-corrected chi connectivity index (χ1v) is 2.86.